The lowest BCUT2D eigenvalue weighted by molar-refractivity contribution is 0.0875. The Bertz CT molecular complexity index is 397. The zero-order valence-corrected chi connectivity index (χ0v) is 10.0. The molecule has 0 amide bonds. The van der Waals surface area contributed by atoms with Gasteiger partial charge in [-0.1, -0.05) is 25.5 Å². The van der Waals surface area contributed by atoms with Crippen LogP contribution in [0.5, 0.6) is 0 Å². The minimum atomic E-state index is -0.950. The van der Waals surface area contributed by atoms with Crippen molar-refractivity contribution in [1.82, 2.24) is 0 Å². The van der Waals surface area contributed by atoms with Crippen LogP contribution in [0.2, 0.25) is 0 Å². The van der Waals surface area contributed by atoms with Gasteiger partial charge in [0.2, 0.25) is 0 Å². The summed E-state index contributed by atoms with van der Waals surface area (Å²) in [5.41, 5.74) is 5.99. The second-order valence-corrected chi connectivity index (χ2v) is 4.18. The lowest BCUT2D eigenvalue weighted by Gasteiger charge is -2.25. The van der Waals surface area contributed by atoms with Crippen molar-refractivity contribution in [3.05, 3.63) is 35.1 Å². The molecule has 0 radical (unpaired) electrons. The van der Waals surface area contributed by atoms with Crippen LogP contribution in [0.1, 0.15) is 42.6 Å². The molecule has 0 atom stereocenters. The molecule has 0 heterocycles. The summed E-state index contributed by atoms with van der Waals surface area (Å²) in [7, 11) is 0. The molecule has 0 spiro atoms. The maximum Gasteiger partial charge on any atom is 0.185 e. The number of ketones is 1. The zero-order valence-electron chi connectivity index (χ0n) is 10.0. The number of hydrogen-bond donors (Lipinski definition) is 1. The predicted molar refractivity (Wildman–Crippen MR) is 63.0 cm³/mol. The van der Waals surface area contributed by atoms with Gasteiger partial charge in [0.15, 0.2) is 5.78 Å². The van der Waals surface area contributed by atoms with Crippen molar-refractivity contribution in [3.8, 4) is 0 Å². The number of hydrogen-bond acceptors (Lipinski definition) is 2. The van der Waals surface area contributed by atoms with Crippen LogP contribution in [0.25, 0.3) is 0 Å². The first kappa shape index (κ1) is 12.8. The Morgan fingerprint density at radius 1 is 1.38 bits per heavy atom. The van der Waals surface area contributed by atoms with Crippen LogP contribution >= 0.6 is 0 Å². The molecule has 0 saturated carbocycles. The summed E-state index contributed by atoms with van der Waals surface area (Å²) in [4.78, 5) is 12.1. The predicted octanol–water partition coefficient (Wildman–Crippen LogP) is 2.83. The molecule has 1 rings (SSSR count). The molecule has 0 aliphatic rings. The van der Waals surface area contributed by atoms with Crippen molar-refractivity contribution in [1.29, 1.82) is 0 Å². The normalized spacial score (nSPS) is 11.6. The van der Waals surface area contributed by atoms with Gasteiger partial charge in [0.05, 0.1) is 11.1 Å². The third-order valence-electron chi connectivity index (χ3n) is 3.08. The number of carbonyl (C=O) groups excluding carboxylic acids is 1. The Kier molecular flexibility index (Phi) is 3.81. The van der Waals surface area contributed by atoms with Crippen molar-refractivity contribution in [2.45, 2.75) is 39.2 Å². The fraction of sp³-hybridized carbons (Fsp3) is 0.462. The van der Waals surface area contributed by atoms with E-state index in [0.29, 0.717) is 12.8 Å². The Balaban J connectivity index is 3.18. The highest BCUT2D eigenvalue weighted by atomic mass is 19.1. The monoisotopic (exact) mass is 223 g/mol. The van der Waals surface area contributed by atoms with E-state index < -0.39 is 11.4 Å². The van der Waals surface area contributed by atoms with Gasteiger partial charge < -0.3 is 5.73 Å². The van der Waals surface area contributed by atoms with Gasteiger partial charge in [0, 0.05) is 0 Å². The number of carbonyl (C=O) groups is 1. The lowest BCUT2D eigenvalue weighted by Crippen LogP contribution is -2.47. The van der Waals surface area contributed by atoms with Gasteiger partial charge in [-0.3, -0.25) is 4.79 Å². The van der Waals surface area contributed by atoms with E-state index in [9.17, 15) is 9.18 Å². The highest BCUT2D eigenvalue weighted by molar-refractivity contribution is 6.03. The first-order valence-corrected chi connectivity index (χ1v) is 5.54. The topological polar surface area (TPSA) is 43.1 Å². The summed E-state index contributed by atoms with van der Waals surface area (Å²) in [6.07, 6.45) is 1.02. The van der Waals surface area contributed by atoms with Gasteiger partial charge in [0.25, 0.3) is 0 Å². The molecular weight excluding hydrogens is 205 g/mol. The number of aryl methyl sites for hydroxylation is 1. The fourth-order valence-corrected chi connectivity index (χ4v) is 1.65. The first-order valence-electron chi connectivity index (χ1n) is 5.54. The number of benzene rings is 1. The van der Waals surface area contributed by atoms with E-state index in [0.717, 1.165) is 5.56 Å². The van der Waals surface area contributed by atoms with Crippen molar-refractivity contribution in [2.75, 3.05) is 0 Å². The summed E-state index contributed by atoms with van der Waals surface area (Å²) in [6, 6.07) is 4.51. The third-order valence-corrected chi connectivity index (χ3v) is 3.08. The maximum absolute atomic E-state index is 13.5. The molecule has 0 saturated heterocycles. The van der Waals surface area contributed by atoms with Crippen LogP contribution < -0.4 is 5.73 Å². The standard InChI is InChI=1S/C13H18FNO/c1-4-13(15,5-2)12(16)10-8-9(3)6-7-11(10)14/h6-8H,4-5,15H2,1-3H3. The Morgan fingerprint density at radius 2 is 1.94 bits per heavy atom. The van der Waals surface area contributed by atoms with E-state index in [1.165, 1.54) is 6.07 Å². The van der Waals surface area contributed by atoms with Gasteiger partial charge in [-0.05, 0) is 31.9 Å². The molecule has 1 aromatic rings. The first-order chi connectivity index (χ1) is 7.44. The van der Waals surface area contributed by atoms with E-state index >= 15 is 0 Å². The quantitative estimate of drug-likeness (QED) is 0.797. The Morgan fingerprint density at radius 3 is 2.44 bits per heavy atom. The number of nitrogens with two attached hydrogens (primary N) is 1. The smallest absolute Gasteiger partial charge is 0.185 e. The van der Waals surface area contributed by atoms with Crippen LogP contribution in [0.15, 0.2) is 18.2 Å². The van der Waals surface area contributed by atoms with Crippen molar-refractivity contribution in [3.63, 3.8) is 0 Å². The second-order valence-electron chi connectivity index (χ2n) is 4.18. The van der Waals surface area contributed by atoms with E-state index in [-0.39, 0.29) is 11.3 Å². The summed E-state index contributed by atoms with van der Waals surface area (Å²) >= 11 is 0. The minimum Gasteiger partial charge on any atom is -0.319 e. The van der Waals surface area contributed by atoms with Crippen molar-refractivity contribution < 1.29 is 9.18 Å². The molecule has 0 aliphatic carbocycles. The number of rotatable bonds is 4. The molecule has 0 aromatic heterocycles. The summed E-state index contributed by atoms with van der Waals surface area (Å²) < 4.78 is 13.5. The number of Topliss-reactive ketones (excluding diaryl/α,β-unsaturated/α-hetero) is 1. The largest absolute Gasteiger partial charge is 0.319 e. The summed E-state index contributed by atoms with van der Waals surface area (Å²) in [5, 5.41) is 0. The van der Waals surface area contributed by atoms with Gasteiger partial charge >= 0.3 is 0 Å². The average Bonchev–Trinajstić information content (AvgIpc) is 2.30. The van der Waals surface area contributed by atoms with Gasteiger partial charge in [0.1, 0.15) is 5.82 Å². The number of halogens is 1. The second kappa shape index (κ2) is 4.74. The van der Waals surface area contributed by atoms with Crippen LogP contribution in [0.4, 0.5) is 4.39 Å². The molecule has 0 fully saturated rings. The summed E-state index contributed by atoms with van der Waals surface area (Å²) in [6.45, 7) is 5.51. The SMILES string of the molecule is CCC(N)(CC)C(=O)c1cc(C)ccc1F. The van der Waals surface area contributed by atoms with E-state index in [2.05, 4.69) is 0 Å². The molecule has 0 unspecified atom stereocenters. The van der Waals surface area contributed by atoms with E-state index in [1.54, 1.807) is 12.1 Å². The van der Waals surface area contributed by atoms with Gasteiger partial charge in [-0.25, -0.2) is 4.39 Å². The molecule has 16 heavy (non-hydrogen) atoms. The molecule has 0 bridgehead atoms. The zero-order chi connectivity index (χ0) is 12.3. The molecule has 1 aromatic carbocycles. The van der Waals surface area contributed by atoms with Crippen LogP contribution in [0, 0.1) is 12.7 Å². The molecular formula is C13H18FNO. The maximum atomic E-state index is 13.5. The molecule has 2 N–H and O–H groups in total. The Hall–Kier alpha value is -1.22. The van der Waals surface area contributed by atoms with E-state index in [4.69, 9.17) is 5.73 Å². The van der Waals surface area contributed by atoms with E-state index in [1.807, 2.05) is 20.8 Å². The van der Waals surface area contributed by atoms with Gasteiger partial charge in [-0.2, -0.15) is 0 Å². The highest BCUT2D eigenvalue weighted by Gasteiger charge is 2.32. The highest BCUT2D eigenvalue weighted by Crippen LogP contribution is 2.21. The van der Waals surface area contributed by atoms with Crippen molar-refractivity contribution in [2.24, 2.45) is 5.73 Å². The van der Waals surface area contributed by atoms with Crippen molar-refractivity contribution >= 4 is 5.78 Å². The minimum absolute atomic E-state index is 0.103. The fourth-order valence-electron chi connectivity index (χ4n) is 1.65. The molecule has 2 nitrogen and oxygen atoms in total. The lowest BCUT2D eigenvalue weighted by atomic mass is 9.85. The van der Waals surface area contributed by atoms with Crippen LogP contribution in [-0.4, -0.2) is 11.3 Å². The molecule has 3 heteroatoms. The molecule has 0 aliphatic heterocycles. The van der Waals surface area contributed by atoms with Crippen LogP contribution in [0.3, 0.4) is 0 Å². The molecule has 88 valence electrons. The Labute approximate surface area is 95.7 Å². The third kappa shape index (κ3) is 2.30. The summed E-state index contributed by atoms with van der Waals surface area (Å²) in [5.74, 6) is -0.800. The average molecular weight is 223 g/mol. The van der Waals surface area contributed by atoms with Crippen LogP contribution in [-0.2, 0) is 0 Å². The van der Waals surface area contributed by atoms with Gasteiger partial charge in [-0.15, -0.1) is 0 Å².